The van der Waals surface area contributed by atoms with Gasteiger partial charge >= 0.3 is 0 Å². The Hall–Kier alpha value is -3.48. The Morgan fingerprint density at radius 3 is 2.84 bits per heavy atom. The first-order valence-electron chi connectivity index (χ1n) is 10.9. The van der Waals surface area contributed by atoms with Crippen molar-refractivity contribution in [1.82, 2.24) is 24.7 Å². The van der Waals surface area contributed by atoms with E-state index in [9.17, 15) is 0 Å². The largest absolute Gasteiger partial charge is 0.351 e. The van der Waals surface area contributed by atoms with Crippen molar-refractivity contribution in [1.29, 1.82) is 0 Å². The average Bonchev–Trinajstić information content (AvgIpc) is 3.27. The van der Waals surface area contributed by atoms with Crippen molar-refractivity contribution in [2.24, 2.45) is 0 Å². The maximum Gasteiger partial charge on any atom is 0.140 e. The molecule has 0 atom stereocenters. The minimum Gasteiger partial charge on any atom is -0.351 e. The molecule has 0 aliphatic carbocycles. The van der Waals surface area contributed by atoms with E-state index < -0.39 is 0 Å². The molecular weight excluding hydrogens is 386 g/mol. The fourth-order valence-corrected chi connectivity index (χ4v) is 4.80. The highest BCUT2D eigenvalue weighted by molar-refractivity contribution is 5.90. The van der Waals surface area contributed by atoms with Crippen molar-refractivity contribution in [2.75, 3.05) is 22.9 Å². The Bertz CT molecular complexity index is 1290. The Balaban J connectivity index is 1.38. The summed E-state index contributed by atoms with van der Waals surface area (Å²) in [6, 6.07) is 10.8. The van der Waals surface area contributed by atoms with Crippen molar-refractivity contribution in [3.63, 3.8) is 0 Å². The first-order valence-corrected chi connectivity index (χ1v) is 10.9. The molecule has 31 heavy (non-hydrogen) atoms. The zero-order valence-electron chi connectivity index (χ0n) is 17.9. The predicted octanol–water partition coefficient (Wildman–Crippen LogP) is 3.94. The normalized spacial score (nSPS) is 15.8. The monoisotopic (exact) mass is 411 g/mol. The lowest BCUT2D eigenvalue weighted by molar-refractivity contribution is 0.541. The first kappa shape index (κ1) is 18.3. The molecule has 0 fully saturated rings. The van der Waals surface area contributed by atoms with Crippen LogP contribution in [0.5, 0.6) is 0 Å². The second-order valence-corrected chi connectivity index (χ2v) is 8.50. The minimum atomic E-state index is 0.808. The summed E-state index contributed by atoms with van der Waals surface area (Å²) in [5.74, 6) is 2.98. The molecule has 2 aliphatic heterocycles. The summed E-state index contributed by atoms with van der Waals surface area (Å²) < 4.78 is 2.08. The molecule has 0 N–H and O–H groups in total. The molecule has 0 radical (unpaired) electrons. The highest BCUT2D eigenvalue weighted by Gasteiger charge is 2.24. The summed E-state index contributed by atoms with van der Waals surface area (Å²) in [5.41, 5.74) is 5.84. The van der Waals surface area contributed by atoms with Gasteiger partial charge in [0.25, 0.3) is 0 Å². The molecular formula is C24H25N7. The topological polar surface area (TPSA) is 63.0 Å². The average molecular weight is 412 g/mol. The maximum atomic E-state index is 4.85. The fraction of sp³-hybridized carbons (Fsp3) is 0.333. The van der Waals surface area contributed by atoms with Crippen molar-refractivity contribution in [3.8, 4) is 0 Å². The van der Waals surface area contributed by atoms with Crippen LogP contribution in [-0.4, -0.2) is 37.8 Å². The van der Waals surface area contributed by atoms with E-state index in [1.54, 1.807) is 0 Å². The van der Waals surface area contributed by atoms with Crippen LogP contribution in [0.25, 0.3) is 10.9 Å². The Labute approximate surface area is 181 Å². The highest BCUT2D eigenvalue weighted by atomic mass is 15.4. The van der Waals surface area contributed by atoms with E-state index in [0.29, 0.717) is 0 Å². The van der Waals surface area contributed by atoms with E-state index in [4.69, 9.17) is 9.97 Å². The van der Waals surface area contributed by atoms with E-state index >= 15 is 0 Å². The van der Waals surface area contributed by atoms with Gasteiger partial charge in [-0.15, -0.1) is 0 Å². The minimum absolute atomic E-state index is 0.808. The molecule has 0 bridgehead atoms. The third-order valence-electron chi connectivity index (χ3n) is 6.30. The maximum absolute atomic E-state index is 4.85. The zero-order valence-corrected chi connectivity index (χ0v) is 17.9. The molecule has 156 valence electrons. The van der Waals surface area contributed by atoms with Crippen LogP contribution in [-0.2, 0) is 19.5 Å². The number of aromatic nitrogens is 5. The van der Waals surface area contributed by atoms with Gasteiger partial charge < -0.3 is 9.80 Å². The SMILES string of the molecule is Cc1ccc2nc(C)nc(N3CCc4ncc(N5CCCn6nccc65)cc4C3)c2c1. The number of pyridine rings is 1. The number of anilines is 3. The molecule has 4 aromatic rings. The fourth-order valence-electron chi connectivity index (χ4n) is 4.80. The summed E-state index contributed by atoms with van der Waals surface area (Å²) >= 11 is 0. The van der Waals surface area contributed by atoms with Gasteiger partial charge in [0, 0.05) is 49.7 Å². The molecule has 1 aromatic carbocycles. The molecule has 3 aromatic heterocycles. The van der Waals surface area contributed by atoms with Gasteiger partial charge in [0.2, 0.25) is 0 Å². The second kappa shape index (κ2) is 7.04. The van der Waals surface area contributed by atoms with E-state index in [2.05, 4.69) is 61.8 Å². The number of rotatable bonds is 2. The van der Waals surface area contributed by atoms with Crippen molar-refractivity contribution >= 4 is 28.2 Å². The van der Waals surface area contributed by atoms with Gasteiger partial charge in [0.1, 0.15) is 17.5 Å². The standard InChI is InChI=1S/C24H25N7/c1-16-4-5-22-20(12-16)24(28-17(2)27-22)29-11-7-21-18(15-29)13-19(14-25-21)30-9-3-10-31-23(30)6-8-26-31/h4-6,8,12-14H,3,7,9-11,15H2,1-2H3. The molecule has 7 nitrogen and oxygen atoms in total. The Kier molecular flexibility index (Phi) is 4.16. The van der Waals surface area contributed by atoms with Crippen LogP contribution in [0, 0.1) is 13.8 Å². The third-order valence-corrected chi connectivity index (χ3v) is 6.30. The summed E-state index contributed by atoms with van der Waals surface area (Å²) in [5, 5.41) is 5.57. The molecule has 2 aliphatic rings. The van der Waals surface area contributed by atoms with Crippen LogP contribution in [0.15, 0.2) is 42.7 Å². The van der Waals surface area contributed by atoms with E-state index in [0.717, 1.165) is 73.1 Å². The molecule has 7 heteroatoms. The molecule has 0 spiro atoms. The summed E-state index contributed by atoms with van der Waals surface area (Å²) in [6.07, 6.45) is 5.91. The predicted molar refractivity (Wildman–Crippen MR) is 122 cm³/mol. The number of aryl methyl sites for hydroxylation is 3. The van der Waals surface area contributed by atoms with Crippen LogP contribution >= 0.6 is 0 Å². The van der Waals surface area contributed by atoms with Crippen LogP contribution in [0.4, 0.5) is 17.3 Å². The van der Waals surface area contributed by atoms with Gasteiger partial charge in [-0.1, -0.05) is 11.6 Å². The lowest BCUT2D eigenvalue weighted by Gasteiger charge is -2.33. The number of hydrogen-bond acceptors (Lipinski definition) is 6. The quantitative estimate of drug-likeness (QED) is 0.498. The number of hydrogen-bond donors (Lipinski definition) is 0. The van der Waals surface area contributed by atoms with Gasteiger partial charge in [-0.25, -0.2) is 14.6 Å². The van der Waals surface area contributed by atoms with Gasteiger partial charge in [0.05, 0.1) is 23.6 Å². The van der Waals surface area contributed by atoms with E-state index in [1.165, 1.54) is 16.8 Å². The number of nitrogens with zero attached hydrogens (tertiary/aromatic N) is 7. The van der Waals surface area contributed by atoms with Gasteiger partial charge in [-0.05, 0) is 44.0 Å². The van der Waals surface area contributed by atoms with Crippen molar-refractivity contribution in [2.45, 2.75) is 39.8 Å². The van der Waals surface area contributed by atoms with Gasteiger partial charge in [-0.2, -0.15) is 5.10 Å². The first-order chi connectivity index (χ1) is 15.2. The zero-order chi connectivity index (χ0) is 20.9. The van der Waals surface area contributed by atoms with Gasteiger partial charge in [-0.3, -0.25) is 4.98 Å². The van der Waals surface area contributed by atoms with Crippen LogP contribution in [0.1, 0.15) is 29.1 Å². The third kappa shape index (κ3) is 3.12. The molecule has 0 unspecified atom stereocenters. The lowest BCUT2D eigenvalue weighted by atomic mass is 10.0. The lowest BCUT2D eigenvalue weighted by Crippen LogP contribution is -2.33. The van der Waals surface area contributed by atoms with Crippen molar-refractivity contribution < 1.29 is 0 Å². The number of fused-ring (bicyclic) bond motifs is 3. The molecule has 0 amide bonds. The second-order valence-electron chi connectivity index (χ2n) is 8.50. The van der Waals surface area contributed by atoms with E-state index in [1.807, 2.05) is 19.3 Å². The Morgan fingerprint density at radius 1 is 0.968 bits per heavy atom. The highest BCUT2D eigenvalue weighted by Crippen LogP contribution is 2.33. The smallest absolute Gasteiger partial charge is 0.140 e. The molecule has 0 saturated heterocycles. The number of benzene rings is 1. The van der Waals surface area contributed by atoms with Crippen LogP contribution < -0.4 is 9.80 Å². The molecule has 6 rings (SSSR count). The molecule has 5 heterocycles. The van der Waals surface area contributed by atoms with Gasteiger partial charge in [0.15, 0.2) is 0 Å². The summed E-state index contributed by atoms with van der Waals surface area (Å²) in [6.45, 7) is 7.78. The Morgan fingerprint density at radius 2 is 1.90 bits per heavy atom. The summed E-state index contributed by atoms with van der Waals surface area (Å²) in [4.78, 5) is 19.0. The molecule has 0 saturated carbocycles. The van der Waals surface area contributed by atoms with Crippen LogP contribution in [0.3, 0.4) is 0 Å². The van der Waals surface area contributed by atoms with E-state index in [-0.39, 0.29) is 0 Å². The van der Waals surface area contributed by atoms with Crippen molar-refractivity contribution in [3.05, 3.63) is 65.4 Å². The summed E-state index contributed by atoms with van der Waals surface area (Å²) in [7, 11) is 0. The van der Waals surface area contributed by atoms with Crippen LogP contribution in [0.2, 0.25) is 0 Å².